The van der Waals surface area contributed by atoms with E-state index in [0.717, 1.165) is 63.7 Å². The summed E-state index contributed by atoms with van der Waals surface area (Å²) < 4.78 is 16.8. The molecule has 0 radical (unpaired) electrons. The molecule has 0 amide bonds. The van der Waals surface area contributed by atoms with Gasteiger partial charge in [-0.25, -0.2) is 0 Å². The average Bonchev–Trinajstić information content (AvgIpc) is 3.24. The van der Waals surface area contributed by atoms with Crippen LogP contribution in [-0.2, 0) is 28.6 Å². The van der Waals surface area contributed by atoms with Crippen LogP contribution in [0.2, 0.25) is 0 Å². The summed E-state index contributed by atoms with van der Waals surface area (Å²) in [5.41, 5.74) is 0. The van der Waals surface area contributed by atoms with E-state index in [2.05, 4.69) is 27.7 Å². The first-order valence-electron chi connectivity index (χ1n) is 27.4. The van der Waals surface area contributed by atoms with Crippen molar-refractivity contribution in [1.29, 1.82) is 0 Å². The molecule has 362 valence electrons. The van der Waals surface area contributed by atoms with E-state index in [1.54, 1.807) is 0 Å². The zero-order valence-corrected chi connectivity index (χ0v) is 41.6. The van der Waals surface area contributed by atoms with Crippen molar-refractivity contribution >= 4 is 17.9 Å². The maximum Gasteiger partial charge on any atom is 0.306 e. The van der Waals surface area contributed by atoms with Gasteiger partial charge in [0.25, 0.3) is 0 Å². The lowest BCUT2D eigenvalue weighted by Crippen LogP contribution is -2.30. The molecule has 0 fully saturated rings. The number of unbranched alkanes of at least 4 members (excludes halogenated alkanes) is 37. The highest BCUT2D eigenvalue weighted by Gasteiger charge is 2.19. The first kappa shape index (κ1) is 59.4. The van der Waals surface area contributed by atoms with Gasteiger partial charge in [0.2, 0.25) is 0 Å². The molecule has 0 aliphatic heterocycles. The van der Waals surface area contributed by atoms with Gasteiger partial charge in [0, 0.05) is 19.3 Å². The lowest BCUT2D eigenvalue weighted by molar-refractivity contribution is -0.167. The number of carbonyl (C=O) groups excluding carboxylic acids is 3. The van der Waals surface area contributed by atoms with Crippen LogP contribution >= 0.6 is 0 Å². The van der Waals surface area contributed by atoms with E-state index >= 15 is 0 Å². The molecule has 6 nitrogen and oxygen atoms in total. The van der Waals surface area contributed by atoms with E-state index in [4.69, 9.17) is 14.2 Å². The van der Waals surface area contributed by atoms with E-state index in [9.17, 15) is 14.4 Å². The highest BCUT2D eigenvalue weighted by atomic mass is 16.6. The summed E-state index contributed by atoms with van der Waals surface area (Å²) >= 11 is 0. The Labute approximate surface area is 380 Å². The molecule has 0 heterocycles. The zero-order chi connectivity index (χ0) is 44.5. The molecule has 1 atom stereocenters. The van der Waals surface area contributed by atoms with Crippen molar-refractivity contribution in [2.24, 2.45) is 5.92 Å². The molecule has 0 aliphatic rings. The highest BCUT2D eigenvalue weighted by molar-refractivity contribution is 5.71. The largest absolute Gasteiger partial charge is 0.462 e. The van der Waals surface area contributed by atoms with Gasteiger partial charge in [-0.2, -0.15) is 0 Å². The monoisotopic (exact) mass is 863 g/mol. The smallest absolute Gasteiger partial charge is 0.306 e. The first-order chi connectivity index (χ1) is 29.9. The molecule has 61 heavy (non-hydrogen) atoms. The van der Waals surface area contributed by atoms with Gasteiger partial charge in [0.05, 0.1) is 0 Å². The molecule has 0 aromatic carbocycles. The Bertz CT molecular complexity index is 918. The number of hydrogen-bond acceptors (Lipinski definition) is 6. The van der Waals surface area contributed by atoms with E-state index in [-0.39, 0.29) is 31.1 Å². The molecule has 0 aromatic rings. The molecular formula is C55H106O6. The Morgan fingerprint density at radius 1 is 0.311 bits per heavy atom. The summed E-state index contributed by atoms with van der Waals surface area (Å²) in [5, 5.41) is 0. The highest BCUT2D eigenvalue weighted by Crippen LogP contribution is 2.17. The second-order valence-electron chi connectivity index (χ2n) is 19.3. The number of esters is 3. The first-order valence-corrected chi connectivity index (χ1v) is 27.4. The zero-order valence-electron chi connectivity index (χ0n) is 41.6. The normalized spacial score (nSPS) is 12.0. The number of rotatable bonds is 50. The maximum atomic E-state index is 12.8. The molecule has 6 heteroatoms. The van der Waals surface area contributed by atoms with Crippen molar-refractivity contribution in [3.8, 4) is 0 Å². The second kappa shape index (κ2) is 49.4. The molecule has 0 saturated carbocycles. The Morgan fingerprint density at radius 3 is 0.803 bits per heavy atom. The van der Waals surface area contributed by atoms with Crippen molar-refractivity contribution in [2.45, 2.75) is 316 Å². The maximum absolute atomic E-state index is 12.8. The molecule has 0 bridgehead atoms. The van der Waals surface area contributed by atoms with Crippen LogP contribution in [0.5, 0.6) is 0 Å². The average molecular weight is 863 g/mol. The third kappa shape index (κ3) is 49.3. The van der Waals surface area contributed by atoms with Crippen molar-refractivity contribution in [3.63, 3.8) is 0 Å². The number of hydrogen-bond donors (Lipinski definition) is 0. The van der Waals surface area contributed by atoms with Crippen molar-refractivity contribution < 1.29 is 28.6 Å². The summed E-state index contributed by atoms with van der Waals surface area (Å²) in [6.45, 7) is 9.02. The topological polar surface area (TPSA) is 78.9 Å². The molecule has 0 saturated heterocycles. The van der Waals surface area contributed by atoms with Crippen LogP contribution in [0.15, 0.2) is 0 Å². The van der Waals surface area contributed by atoms with E-state index in [1.165, 1.54) is 205 Å². The van der Waals surface area contributed by atoms with Gasteiger partial charge in [-0.05, 0) is 25.2 Å². The van der Waals surface area contributed by atoms with Crippen LogP contribution in [0.3, 0.4) is 0 Å². The fourth-order valence-electron chi connectivity index (χ4n) is 8.39. The van der Waals surface area contributed by atoms with E-state index < -0.39 is 6.10 Å². The van der Waals surface area contributed by atoms with Gasteiger partial charge in [0.1, 0.15) is 13.2 Å². The third-order valence-electron chi connectivity index (χ3n) is 12.5. The Hall–Kier alpha value is -1.59. The van der Waals surface area contributed by atoms with E-state index in [0.29, 0.717) is 19.3 Å². The van der Waals surface area contributed by atoms with Crippen LogP contribution in [0.4, 0.5) is 0 Å². The van der Waals surface area contributed by atoms with Gasteiger partial charge in [-0.3, -0.25) is 14.4 Å². The van der Waals surface area contributed by atoms with Gasteiger partial charge in [0.15, 0.2) is 6.10 Å². The van der Waals surface area contributed by atoms with Gasteiger partial charge >= 0.3 is 17.9 Å². The lowest BCUT2D eigenvalue weighted by atomic mass is 10.0. The van der Waals surface area contributed by atoms with Crippen LogP contribution in [0.1, 0.15) is 310 Å². The summed E-state index contributed by atoms with van der Waals surface area (Å²) in [6, 6.07) is 0. The molecule has 0 N–H and O–H groups in total. The van der Waals surface area contributed by atoms with Crippen molar-refractivity contribution in [3.05, 3.63) is 0 Å². The standard InChI is InChI=1S/C55H106O6/c1-5-7-9-11-13-15-17-19-21-22-23-25-27-31-35-39-43-47-54(57)60-50-52(61-55(58)48-44-40-36-32-28-29-33-37-41-45-51(3)4)49-59-53(56)46-42-38-34-30-26-24-20-18-16-14-12-10-8-6-2/h51-52H,5-50H2,1-4H3/t52-/m0/s1. The fourth-order valence-corrected chi connectivity index (χ4v) is 8.39. The molecular weight excluding hydrogens is 757 g/mol. The predicted molar refractivity (Wildman–Crippen MR) is 261 cm³/mol. The van der Waals surface area contributed by atoms with Crippen molar-refractivity contribution in [2.75, 3.05) is 13.2 Å². The molecule has 0 rings (SSSR count). The van der Waals surface area contributed by atoms with Crippen LogP contribution in [0, 0.1) is 5.92 Å². The summed E-state index contributed by atoms with van der Waals surface area (Å²) in [6.07, 6.45) is 52.3. The minimum atomic E-state index is -0.761. The molecule has 0 aliphatic carbocycles. The summed E-state index contributed by atoms with van der Waals surface area (Å²) in [4.78, 5) is 38.0. The number of ether oxygens (including phenoxy) is 3. The van der Waals surface area contributed by atoms with Crippen LogP contribution in [-0.4, -0.2) is 37.2 Å². The number of carbonyl (C=O) groups is 3. The van der Waals surface area contributed by atoms with Gasteiger partial charge < -0.3 is 14.2 Å². The Morgan fingerprint density at radius 2 is 0.541 bits per heavy atom. The second-order valence-corrected chi connectivity index (χ2v) is 19.3. The quantitative estimate of drug-likeness (QED) is 0.0344. The SMILES string of the molecule is CCCCCCCCCCCCCCCCCCCC(=O)OC[C@H](COC(=O)CCCCCCCCCCCCCCCC)OC(=O)CCCCCCCCCCCC(C)C. The predicted octanol–water partition coefficient (Wildman–Crippen LogP) is 17.8. The van der Waals surface area contributed by atoms with Gasteiger partial charge in [-0.15, -0.1) is 0 Å². The Kier molecular flexibility index (Phi) is 48.1. The van der Waals surface area contributed by atoms with Gasteiger partial charge in [-0.1, -0.05) is 272 Å². The van der Waals surface area contributed by atoms with Crippen LogP contribution < -0.4 is 0 Å². The summed E-state index contributed by atoms with van der Waals surface area (Å²) in [5.74, 6) is -0.0354. The third-order valence-corrected chi connectivity index (χ3v) is 12.5. The van der Waals surface area contributed by atoms with Crippen molar-refractivity contribution in [1.82, 2.24) is 0 Å². The summed E-state index contributed by atoms with van der Waals surface area (Å²) in [7, 11) is 0. The van der Waals surface area contributed by atoms with Crippen LogP contribution in [0.25, 0.3) is 0 Å². The molecule has 0 aromatic heterocycles. The minimum absolute atomic E-state index is 0.0627. The minimum Gasteiger partial charge on any atom is -0.462 e. The molecule has 0 spiro atoms. The van der Waals surface area contributed by atoms with E-state index in [1.807, 2.05) is 0 Å². The fraction of sp³-hybridized carbons (Fsp3) is 0.945. The lowest BCUT2D eigenvalue weighted by Gasteiger charge is -2.18. The molecule has 0 unspecified atom stereocenters. The Balaban J connectivity index is 4.28.